The van der Waals surface area contributed by atoms with E-state index in [2.05, 4.69) is 4.98 Å². The van der Waals surface area contributed by atoms with Crippen LogP contribution in [0.3, 0.4) is 0 Å². The molecule has 1 unspecified atom stereocenters. The molecule has 19 heavy (non-hydrogen) atoms. The van der Waals surface area contributed by atoms with E-state index in [4.69, 9.17) is 4.74 Å². The Morgan fingerprint density at radius 3 is 2.89 bits per heavy atom. The normalized spacial score (nSPS) is 18.6. The largest absolute Gasteiger partial charge is 0.469 e. The molecule has 0 N–H and O–H groups in total. The van der Waals surface area contributed by atoms with E-state index in [1.54, 1.807) is 17.2 Å². The fraction of sp³-hybridized carbons (Fsp3) is 0.462. The first-order valence-electron chi connectivity index (χ1n) is 6.05. The van der Waals surface area contributed by atoms with Gasteiger partial charge in [0.2, 0.25) is 5.91 Å². The van der Waals surface area contributed by atoms with E-state index in [0.29, 0.717) is 12.4 Å². The third-order valence-electron chi connectivity index (χ3n) is 3.14. The molecule has 1 amide bonds. The van der Waals surface area contributed by atoms with Gasteiger partial charge >= 0.3 is 5.97 Å². The van der Waals surface area contributed by atoms with Crippen LogP contribution < -0.4 is 9.80 Å². The Bertz CT molecular complexity index is 502. The van der Waals surface area contributed by atoms with Crippen molar-refractivity contribution in [1.29, 1.82) is 0 Å². The molecule has 1 aliphatic rings. The van der Waals surface area contributed by atoms with Crippen LogP contribution in [0.2, 0.25) is 0 Å². The van der Waals surface area contributed by atoms with Gasteiger partial charge in [0, 0.05) is 33.3 Å². The lowest BCUT2D eigenvalue weighted by atomic mass is 10.1. The summed E-state index contributed by atoms with van der Waals surface area (Å²) in [5.41, 5.74) is 0.726. The number of aromatic nitrogens is 1. The molecule has 0 spiro atoms. The Balaban J connectivity index is 2.28. The lowest BCUT2D eigenvalue weighted by Crippen LogP contribution is -2.28. The quantitative estimate of drug-likeness (QED) is 0.750. The van der Waals surface area contributed by atoms with Gasteiger partial charge in [0.15, 0.2) is 5.82 Å². The summed E-state index contributed by atoms with van der Waals surface area (Å²) in [6.45, 7) is 0.345. The van der Waals surface area contributed by atoms with E-state index in [1.807, 2.05) is 25.1 Å². The number of esters is 1. The lowest BCUT2D eigenvalue weighted by Gasteiger charge is -2.22. The Hall–Kier alpha value is -2.11. The van der Waals surface area contributed by atoms with Crippen molar-refractivity contribution in [2.45, 2.75) is 6.42 Å². The number of hydrogen-bond acceptors (Lipinski definition) is 5. The van der Waals surface area contributed by atoms with Gasteiger partial charge in [0.1, 0.15) is 0 Å². The van der Waals surface area contributed by atoms with Crippen molar-refractivity contribution in [3.05, 3.63) is 18.3 Å². The maximum absolute atomic E-state index is 12.1. The zero-order valence-corrected chi connectivity index (χ0v) is 11.3. The molecule has 0 bridgehead atoms. The van der Waals surface area contributed by atoms with Crippen LogP contribution in [0.1, 0.15) is 6.42 Å². The van der Waals surface area contributed by atoms with Gasteiger partial charge in [-0.2, -0.15) is 0 Å². The summed E-state index contributed by atoms with van der Waals surface area (Å²) in [4.78, 5) is 31.3. The number of carbonyl (C=O) groups excluding carboxylic acids is 2. The highest BCUT2D eigenvalue weighted by molar-refractivity contribution is 6.01. The van der Waals surface area contributed by atoms with Gasteiger partial charge in [0.25, 0.3) is 0 Å². The summed E-state index contributed by atoms with van der Waals surface area (Å²) in [6, 6.07) is 3.61. The van der Waals surface area contributed by atoms with Gasteiger partial charge in [-0.3, -0.25) is 9.59 Å². The average molecular weight is 263 g/mol. The fourth-order valence-corrected chi connectivity index (χ4v) is 2.21. The molecule has 0 aromatic carbocycles. The zero-order chi connectivity index (χ0) is 14.0. The number of amides is 1. The number of rotatable bonds is 3. The molecule has 0 radical (unpaired) electrons. The maximum atomic E-state index is 12.1. The van der Waals surface area contributed by atoms with Crippen LogP contribution in [-0.2, 0) is 14.3 Å². The first-order chi connectivity index (χ1) is 9.04. The standard InChI is InChI=1S/C13H17N3O3/c1-15(2)12-10(5-4-6-14-12)16-8-9(7-11(16)17)13(18)19-3/h4-6,9H,7-8H2,1-3H3. The second-order valence-electron chi connectivity index (χ2n) is 4.67. The summed E-state index contributed by atoms with van der Waals surface area (Å²) in [5, 5.41) is 0. The predicted octanol–water partition coefficient (Wildman–Crippen LogP) is 0.673. The minimum Gasteiger partial charge on any atom is -0.469 e. The maximum Gasteiger partial charge on any atom is 0.311 e. The Morgan fingerprint density at radius 2 is 2.26 bits per heavy atom. The first-order valence-corrected chi connectivity index (χ1v) is 6.05. The molecule has 0 aliphatic carbocycles. The summed E-state index contributed by atoms with van der Waals surface area (Å²) in [6.07, 6.45) is 1.87. The predicted molar refractivity (Wildman–Crippen MR) is 71.0 cm³/mol. The molecule has 2 heterocycles. The molecular weight excluding hydrogens is 246 g/mol. The molecule has 2 rings (SSSR count). The second kappa shape index (κ2) is 5.26. The Kier molecular flexibility index (Phi) is 3.69. The highest BCUT2D eigenvalue weighted by Gasteiger charge is 2.37. The molecule has 1 aromatic rings. The van der Waals surface area contributed by atoms with E-state index in [-0.39, 0.29) is 18.3 Å². The zero-order valence-electron chi connectivity index (χ0n) is 11.3. The summed E-state index contributed by atoms with van der Waals surface area (Å²) >= 11 is 0. The van der Waals surface area contributed by atoms with Crippen molar-refractivity contribution in [2.75, 3.05) is 37.5 Å². The topological polar surface area (TPSA) is 62.7 Å². The number of nitrogens with zero attached hydrogens (tertiary/aromatic N) is 3. The Morgan fingerprint density at radius 1 is 1.53 bits per heavy atom. The van der Waals surface area contributed by atoms with E-state index in [1.165, 1.54) is 7.11 Å². The molecule has 1 aliphatic heterocycles. The number of pyridine rings is 1. The average Bonchev–Trinajstić information content (AvgIpc) is 2.79. The van der Waals surface area contributed by atoms with Gasteiger partial charge in [-0.05, 0) is 12.1 Å². The van der Waals surface area contributed by atoms with Crippen molar-refractivity contribution in [2.24, 2.45) is 5.92 Å². The van der Waals surface area contributed by atoms with Crippen LogP contribution in [-0.4, -0.2) is 44.6 Å². The van der Waals surface area contributed by atoms with Gasteiger partial charge in [-0.25, -0.2) is 4.98 Å². The van der Waals surface area contributed by atoms with Crippen molar-refractivity contribution in [3.8, 4) is 0 Å². The van der Waals surface area contributed by atoms with Crippen LogP contribution in [0.15, 0.2) is 18.3 Å². The van der Waals surface area contributed by atoms with Crippen LogP contribution in [0.4, 0.5) is 11.5 Å². The SMILES string of the molecule is COC(=O)C1CC(=O)N(c2cccnc2N(C)C)C1. The summed E-state index contributed by atoms with van der Waals surface area (Å²) < 4.78 is 4.70. The third-order valence-corrected chi connectivity index (χ3v) is 3.14. The van der Waals surface area contributed by atoms with Gasteiger partial charge in [-0.15, -0.1) is 0 Å². The highest BCUT2D eigenvalue weighted by Crippen LogP contribution is 2.31. The van der Waals surface area contributed by atoms with E-state index < -0.39 is 5.92 Å². The monoisotopic (exact) mass is 263 g/mol. The number of carbonyl (C=O) groups is 2. The Labute approximate surface area is 112 Å². The number of methoxy groups -OCH3 is 1. The highest BCUT2D eigenvalue weighted by atomic mass is 16.5. The smallest absolute Gasteiger partial charge is 0.311 e. The van der Waals surface area contributed by atoms with Crippen LogP contribution in [0.5, 0.6) is 0 Å². The first kappa shape index (κ1) is 13.3. The minimum atomic E-state index is -0.396. The molecule has 0 saturated carbocycles. The van der Waals surface area contributed by atoms with Gasteiger partial charge in [-0.1, -0.05) is 0 Å². The number of ether oxygens (including phenoxy) is 1. The van der Waals surface area contributed by atoms with Crippen LogP contribution in [0, 0.1) is 5.92 Å². The van der Waals surface area contributed by atoms with Crippen LogP contribution >= 0.6 is 0 Å². The van der Waals surface area contributed by atoms with Crippen molar-refractivity contribution in [1.82, 2.24) is 4.98 Å². The van der Waals surface area contributed by atoms with Gasteiger partial charge < -0.3 is 14.5 Å². The summed E-state index contributed by atoms with van der Waals surface area (Å²) in [5.74, 6) is -0.105. The minimum absolute atomic E-state index is 0.0773. The van der Waals surface area contributed by atoms with E-state index in [9.17, 15) is 9.59 Å². The molecular formula is C13H17N3O3. The van der Waals surface area contributed by atoms with Crippen molar-refractivity contribution < 1.29 is 14.3 Å². The molecule has 1 aromatic heterocycles. The molecule has 6 heteroatoms. The third kappa shape index (κ3) is 2.52. The van der Waals surface area contributed by atoms with E-state index >= 15 is 0 Å². The molecule has 102 valence electrons. The molecule has 6 nitrogen and oxygen atoms in total. The molecule has 1 atom stereocenters. The van der Waals surface area contributed by atoms with Gasteiger partial charge in [0.05, 0.1) is 18.7 Å². The van der Waals surface area contributed by atoms with Crippen molar-refractivity contribution >= 4 is 23.4 Å². The lowest BCUT2D eigenvalue weighted by molar-refractivity contribution is -0.145. The number of anilines is 2. The fourth-order valence-electron chi connectivity index (χ4n) is 2.21. The summed E-state index contributed by atoms with van der Waals surface area (Å²) in [7, 11) is 5.07. The van der Waals surface area contributed by atoms with Crippen molar-refractivity contribution in [3.63, 3.8) is 0 Å². The van der Waals surface area contributed by atoms with E-state index in [0.717, 1.165) is 5.69 Å². The van der Waals surface area contributed by atoms with Crippen LogP contribution in [0.25, 0.3) is 0 Å². The molecule has 1 saturated heterocycles. The molecule has 1 fully saturated rings. The number of hydrogen-bond donors (Lipinski definition) is 0. The second-order valence-corrected chi connectivity index (χ2v) is 4.67.